The van der Waals surface area contributed by atoms with E-state index in [4.69, 9.17) is 10.5 Å². The minimum atomic E-state index is -0.513. The highest BCUT2D eigenvalue weighted by atomic mass is 32.2. The van der Waals surface area contributed by atoms with Crippen LogP contribution in [-0.2, 0) is 4.79 Å². The van der Waals surface area contributed by atoms with Gasteiger partial charge < -0.3 is 10.5 Å². The number of amides is 1. The minimum absolute atomic E-state index is 0.300. The lowest BCUT2D eigenvalue weighted by molar-refractivity contribution is -0.113. The van der Waals surface area contributed by atoms with Crippen LogP contribution < -0.4 is 10.5 Å². The predicted octanol–water partition coefficient (Wildman–Crippen LogP) is 1.79. The summed E-state index contributed by atoms with van der Waals surface area (Å²) in [5, 5.41) is 0. The Hall–Kier alpha value is -1.42. The van der Waals surface area contributed by atoms with E-state index in [2.05, 4.69) is 6.58 Å². The van der Waals surface area contributed by atoms with Crippen LogP contribution in [0.1, 0.15) is 0 Å². The maximum atomic E-state index is 10.8. The van der Waals surface area contributed by atoms with Gasteiger partial charge in [0.2, 0.25) is 0 Å². The first kappa shape index (κ1) is 10.7. The van der Waals surface area contributed by atoms with E-state index in [0.717, 1.165) is 4.90 Å². The molecule has 0 saturated heterocycles. The molecule has 1 amide bonds. The summed E-state index contributed by atoms with van der Waals surface area (Å²) in [6.07, 6.45) is 0. The van der Waals surface area contributed by atoms with Crippen molar-refractivity contribution in [3.63, 3.8) is 0 Å². The topological polar surface area (TPSA) is 52.3 Å². The number of carbonyl (C=O) groups excluding carboxylic acids is 1. The molecular weight excluding hydrogens is 198 g/mol. The lowest BCUT2D eigenvalue weighted by atomic mass is 10.3. The van der Waals surface area contributed by atoms with E-state index < -0.39 is 5.91 Å². The lowest BCUT2D eigenvalue weighted by Crippen LogP contribution is -2.10. The number of hydrogen-bond donors (Lipinski definition) is 1. The summed E-state index contributed by atoms with van der Waals surface area (Å²) < 4.78 is 5.11. The molecular formula is C10H11NO2S. The zero-order chi connectivity index (χ0) is 10.6. The Kier molecular flexibility index (Phi) is 3.59. The van der Waals surface area contributed by atoms with Gasteiger partial charge in [-0.15, -0.1) is 0 Å². The van der Waals surface area contributed by atoms with Gasteiger partial charge in [-0.2, -0.15) is 0 Å². The molecule has 0 aliphatic carbocycles. The number of nitrogens with two attached hydrogens (primary N) is 1. The first-order chi connectivity index (χ1) is 6.65. The molecule has 0 spiro atoms. The summed E-state index contributed by atoms with van der Waals surface area (Å²) in [4.78, 5) is 11.9. The fourth-order valence-electron chi connectivity index (χ4n) is 0.886. The van der Waals surface area contributed by atoms with Gasteiger partial charge in [0.1, 0.15) is 5.75 Å². The number of methoxy groups -OCH3 is 1. The van der Waals surface area contributed by atoms with Crippen LogP contribution in [0.5, 0.6) is 5.75 Å². The number of ether oxygens (including phenoxy) is 1. The van der Waals surface area contributed by atoms with Crippen molar-refractivity contribution in [3.8, 4) is 5.75 Å². The molecule has 1 aromatic carbocycles. The zero-order valence-electron chi connectivity index (χ0n) is 7.82. The molecule has 0 fully saturated rings. The molecule has 0 aliphatic heterocycles. The van der Waals surface area contributed by atoms with Crippen molar-refractivity contribution in [1.82, 2.24) is 0 Å². The van der Waals surface area contributed by atoms with Gasteiger partial charge in [-0.05, 0) is 12.1 Å². The third-order valence-corrected chi connectivity index (χ3v) is 2.58. The van der Waals surface area contributed by atoms with Gasteiger partial charge in [-0.25, -0.2) is 0 Å². The Morgan fingerprint density at radius 3 is 2.71 bits per heavy atom. The van der Waals surface area contributed by atoms with Gasteiger partial charge in [0.05, 0.1) is 16.9 Å². The molecule has 0 aliphatic rings. The number of primary amides is 1. The summed E-state index contributed by atoms with van der Waals surface area (Å²) in [5.74, 6) is 0.195. The molecule has 1 rings (SSSR count). The third-order valence-electron chi connectivity index (χ3n) is 1.58. The fraction of sp³-hybridized carbons (Fsp3) is 0.100. The maximum Gasteiger partial charge on any atom is 0.254 e. The monoisotopic (exact) mass is 209 g/mol. The molecule has 0 unspecified atom stereocenters. The van der Waals surface area contributed by atoms with Crippen molar-refractivity contribution in [2.45, 2.75) is 4.90 Å². The van der Waals surface area contributed by atoms with Crippen LogP contribution in [0.15, 0.2) is 40.6 Å². The van der Waals surface area contributed by atoms with Crippen LogP contribution >= 0.6 is 11.8 Å². The average molecular weight is 209 g/mol. The molecule has 0 heterocycles. The van der Waals surface area contributed by atoms with Crippen LogP contribution in [0, 0.1) is 0 Å². The first-order valence-corrected chi connectivity index (χ1v) is 4.76. The van der Waals surface area contributed by atoms with E-state index >= 15 is 0 Å². The quantitative estimate of drug-likeness (QED) is 0.607. The Morgan fingerprint density at radius 2 is 2.14 bits per heavy atom. The SMILES string of the molecule is C=C(Sc1ccccc1OC)C(N)=O. The Balaban J connectivity index is 2.85. The van der Waals surface area contributed by atoms with E-state index in [-0.39, 0.29) is 0 Å². The Morgan fingerprint density at radius 1 is 1.50 bits per heavy atom. The van der Waals surface area contributed by atoms with Gasteiger partial charge >= 0.3 is 0 Å². The molecule has 4 heteroatoms. The highest BCUT2D eigenvalue weighted by Crippen LogP contribution is 2.32. The van der Waals surface area contributed by atoms with Crippen LogP contribution in [-0.4, -0.2) is 13.0 Å². The smallest absolute Gasteiger partial charge is 0.254 e. The largest absolute Gasteiger partial charge is 0.496 e. The number of para-hydroxylation sites is 1. The molecule has 2 N–H and O–H groups in total. The van der Waals surface area contributed by atoms with E-state index in [1.165, 1.54) is 11.8 Å². The second kappa shape index (κ2) is 4.72. The summed E-state index contributed by atoms with van der Waals surface area (Å²) in [5.41, 5.74) is 5.08. The van der Waals surface area contributed by atoms with Crippen LogP contribution in [0.25, 0.3) is 0 Å². The molecule has 0 saturated carbocycles. The van der Waals surface area contributed by atoms with E-state index in [1.54, 1.807) is 7.11 Å². The molecule has 1 aromatic rings. The summed E-state index contributed by atoms with van der Waals surface area (Å²) in [6.45, 7) is 3.56. The van der Waals surface area contributed by atoms with Crippen LogP contribution in [0.3, 0.4) is 0 Å². The number of thioether (sulfide) groups is 1. The number of benzene rings is 1. The third kappa shape index (κ3) is 2.53. The number of hydrogen-bond acceptors (Lipinski definition) is 3. The first-order valence-electron chi connectivity index (χ1n) is 3.94. The fourth-order valence-corrected chi connectivity index (χ4v) is 1.65. The molecule has 0 atom stereocenters. The van der Waals surface area contributed by atoms with Crippen molar-refractivity contribution in [1.29, 1.82) is 0 Å². The van der Waals surface area contributed by atoms with Crippen molar-refractivity contribution in [3.05, 3.63) is 35.7 Å². The van der Waals surface area contributed by atoms with Gasteiger partial charge in [0, 0.05) is 0 Å². The highest BCUT2D eigenvalue weighted by molar-refractivity contribution is 8.04. The number of carbonyl (C=O) groups is 1. The van der Waals surface area contributed by atoms with Gasteiger partial charge in [0.25, 0.3) is 5.91 Å². The normalized spacial score (nSPS) is 9.50. The molecule has 0 radical (unpaired) electrons. The average Bonchev–Trinajstić information content (AvgIpc) is 2.18. The lowest BCUT2D eigenvalue weighted by Gasteiger charge is -2.06. The Labute approximate surface area is 86.9 Å². The second-order valence-electron chi connectivity index (χ2n) is 2.54. The highest BCUT2D eigenvalue weighted by Gasteiger charge is 2.07. The number of rotatable bonds is 4. The van der Waals surface area contributed by atoms with E-state index in [1.807, 2.05) is 24.3 Å². The summed E-state index contributed by atoms with van der Waals surface area (Å²) in [6, 6.07) is 7.38. The second-order valence-corrected chi connectivity index (χ2v) is 3.68. The summed E-state index contributed by atoms with van der Waals surface area (Å²) >= 11 is 1.21. The molecule has 0 bridgehead atoms. The van der Waals surface area contributed by atoms with Gasteiger partial charge in [-0.1, -0.05) is 30.5 Å². The van der Waals surface area contributed by atoms with Gasteiger partial charge in [-0.3, -0.25) is 4.79 Å². The molecule has 14 heavy (non-hydrogen) atoms. The van der Waals surface area contributed by atoms with Crippen molar-refractivity contribution < 1.29 is 9.53 Å². The van der Waals surface area contributed by atoms with Crippen molar-refractivity contribution in [2.75, 3.05) is 7.11 Å². The molecule has 74 valence electrons. The Bertz CT molecular complexity index is 363. The standard InChI is InChI=1S/C10H11NO2S/c1-7(10(11)12)14-9-6-4-3-5-8(9)13-2/h3-6H,1H2,2H3,(H2,11,12). The van der Waals surface area contributed by atoms with Crippen LogP contribution in [0.2, 0.25) is 0 Å². The predicted molar refractivity (Wildman–Crippen MR) is 57.2 cm³/mol. The minimum Gasteiger partial charge on any atom is -0.496 e. The van der Waals surface area contributed by atoms with Crippen molar-refractivity contribution >= 4 is 17.7 Å². The molecule has 3 nitrogen and oxygen atoms in total. The van der Waals surface area contributed by atoms with E-state index in [9.17, 15) is 4.79 Å². The zero-order valence-corrected chi connectivity index (χ0v) is 8.64. The van der Waals surface area contributed by atoms with Gasteiger partial charge in [0.15, 0.2) is 0 Å². The summed E-state index contributed by atoms with van der Waals surface area (Å²) in [7, 11) is 1.58. The van der Waals surface area contributed by atoms with E-state index in [0.29, 0.717) is 10.7 Å². The van der Waals surface area contributed by atoms with Crippen LogP contribution in [0.4, 0.5) is 0 Å². The molecule has 0 aromatic heterocycles. The maximum absolute atomic E-state index is 10.8. The van der Waals surface area contributed by atoms with Crippen molar-refractivity contribution in [2.24, 2.45) is 5.73 Å².